The van der Waals surface area contributed by atoms with Gasteiger partial charge in [-0.05, 0) is 12.1 Å². The highest BCUT2D eigenvalue weighted by molar-refractivity contribution is 6.35. The van der Waals surface area contributed by atoms with Gasteiger partial charge < -0.3 is 30.3 Å². The molecular formula is C18H20N2O6. The predicted octanol–water partition coefficient (Wildman–Crippen LogP) is 1.05. The fourth-order valence-electron chi connectivity index (χ4n) is 2.26. The van der Waals surface area contributed by atoms with E-state index < -0.39 is 11.8 Å². The summed E-state index contributed by atoms with van der Waals surface area (Å²) in [6, 6.07) is 9.67. The third kappa shape index (κ3) is 4.35. The Hall–Kier alpha value is -3.42. The number of carbonyl (C=O) groups is 2. The first-order valence-electron chi connectivity index (χ1n) is 7.73. The van der Waals surface area contributed by atoms with Gasteiger partial charge in [0.1, 0.15) is 0 Å². The van der Waals surface area contributed by atoms with Crippen LogP contribution in [0.1, 0.15) is 11.1 Å². The van der Waals surface area contributed by atoms with Gasteiger partial charge in [-0.25, -0.2) is 0 Å². The van der Waals surface area contributed by atoms with E-state index in [2.05, 4.69) is 10.6 Å². The van der Waals surface area contributed by atoms with E-state index in [1.165, 1.54) is 14.2 Å². The highest BCUT2D eigenvalue weighted by atomic mass is 16.5. The van der Waals surface area contributed by atoms with Gasteiger partial charge in [-0.1, -0.05) is 24.3 Å². The van der Waals surface area contributed by atoms with Crippen LogP contribution in [-0.4, -0.2) is 36.2 Å². The standard InChI is InChI=1S/C18H20N2O6/c1-25-13-7-3-5-11(15(13)21)9-19-17(23)18(24)20-10-12-6-4-8-14(26-2)16(12)22/h3-8,21-22H,9-10H2,1-2H3,(H,19,23)(H,20,24). The van der Waals surface area contributed by atoms with Crippen molar-refractivity contribution in [1.29, 1.82) is 0 Å². The normalized spacial score (nSPS) is 10.1. The number of aromatic hydroxyl groups is 2. The largest absolute Gasteiger partial charge is 0.504 e. The number of benzene rings is 2. The molecule has 26 heavy (non-hydrogen) atoms. The van der Waals surface area contributed by atoms with E-state index in [-0.39, 0.29) is 36.1 Å². The third-order valence-corrected chi connectivity index (χ3v) is 3.69. The van der Waals surface area contributed by atoms with Crippen molar-refractivity contribution in [2.24, 2.45) is 0 Å². The van der Waals surface area contributed by atoms with Gasteiger partial charge in [0, 0.05) is 24.2 Å². The second-order valence-corrected chi connectivity index (χ2v) is 5.30. The van der Waals surface area contributed by atoms with E-state index in [0.717, 1.165) is 0 Å². The minimum Gasteiger partial charge on any atom is -0.504 e. The number of phenolic OH excluding ortho intramolecular Hbond substituents is 2. The van der Waals surface area contributed by atoms with E-state index in [1.54, 1.807) is 36.4 Å². The van der Waals surface area contributed by atoms with Gasteiger partial charge >= 0.3 is 11.8 Å². The zero-order valence-electron chi connectivity index (χ0n) is 14.4. The van der Waals surface area contributed by atoms with E-state index in [1.807, 2.05) is 0 Å². The fraction of sp³-hybridized carbons (Fsp3) is 0.222. The third-order valence-electron chi connectivity index (χ3n) is 3.69. The summed E-state index contributed by atoms with van der Waals surface area (Å²) in [5.41, 5.74) is 0.826. The molecule has 0 radical (unpaired) electrons. The van der Waals surface area contributed by atoms with Crippen molar-refractivity contribution < 1.29 is 29.3 Å². The number of ether oxygens (including phenoxy) is 2. The monoisotopic (exact) mass is 360 g/mol. The molecule has 0 aliphatic carbocycles. The number of carbonyl (C=O) groups excluding carboxylic acids is 2. The Morgan fingerprint density at radius 1 is 0.808 bits per heavy atom. The van der Waals surface area contributed by atoms with E-state index in [9.17, 15) is 19.8 Å². The van der Waals surface area contributed by atoms with Crippen molar-refractivity contribution in [2.45, 2.75) is 13.1 Å². The minimum absolute atomic E-state index is 0.0420. The second-order valence-electron chi connectivity index (χ2n) is 5.30. The van der Waals surface area contributed by atoms with Crippen LogP contribution in [0.2, 0.25) is 0 Å². The quantitative estimate of drug-likeness (QED) is 0.572. The molecule has 138 valence electrons. The van der Waals surface area contributed by atoms with Crippen LogP contribution in [0.4, 0.5) is 0 Å². The van der Waals surface area contributed by atoms with Gasteiger partial charge in [0.05, 0.1) is 14.2 Å². The van der Waals surface area contributed by atoms with Crippen LogP contribution in [0.15, 0.2) is 36.4 Å². The maximum Gasteiger partial charge on any atom is 0.309 e. The minimum atomic E-state index is -0.866. The first-order chi connectivity index (χ1) is 12.5. The van der Waals surface area contributed by atoms with Crippen molar-refractivity contribution in [3.05, 3.63) is 47.5 Å². The van der Waals surface area contributed by atoms with Gasteiger partial charge in [-0.3, -0.25) is 9.59 Å². The number of phenols is 2. The molecule has 2 amide bonds. The molecule has 8 nitrogen and oxygen atoms in total. The Morgan fingerprint density at radius 3 is 1.54 bits per heavy atom. The molecule has 0 spiro atoms. The summed E-state index contributed by atoms with van der Waals surface area (Å²) in [7, 11) is 2.83. The average Bonchev–Trinajstić information content (AvgIpc) is 2.65. The molecule has 8 heteroatoms. The lowest BCUT2D eigenvalue weighted by Crippen LogP contribution is -2.39. The summed E-state index contributed by atoms with van der Waals surface area (Å²) in [6.07, 6.45) is 0. The first kappa shape index (κ1) is 18.9. The zero-order valence-corrected chi connectivity index (χ0v) is 14.4. The maximum atomic E-state index is 11.9. The molecule has 0 fully saturated rings. The Balaban J connectivity index is 1.91. The molecule has 0 saturated heterocycles. The molecule has 2 rings (SSSR count). The molecule has 0 atom stereocenters. The van der Waals surface area contributed by atoms with Gasteiger partial charge in [0.2, 0.25) is 0 Å². The van der Waals surface area contributed by atoms with E-state index >= 15 is 0 Å². The number of rotatable bonds is 6. The van der Waals surface area contributed by atoms with Crippen LogP contribution in [0.25, 0.3) is 0 Å². The van der Waals surface area contributed by atoms with Gasteiger partial charge in [-0.2, -0.15) is 0 Å². The van der Waals surface area contributed by atoms with Crippen LogP contribution >= 0.6 is 0 Å². The summed E-state index contributed by atoms with van der Waals surface area (Å²) in [5.74, 6) is -1.39. The van der Waals surface area contributed by atoms with Crippen LogP contribution in [-0.2, 0) is 22.7 Å². The van der Waals surface area contributed by atoms with Crippen molar-refractivity contribution in [1.82, 2.24) is 10.6 Å². The Morgan fingerprint density at radius 2 is 1.19 bits per heavy atom. The average molecular weight is 360 g/mol. The maximum absolute atomic E-state index is 11.9. The van der Waals surface area contributed by atoms with Crippen LogP contribution < -0.4 is 20.1 Å². The van der Waals surface area contributed by atoms with Crippen molar-refractivity contribution in [3.63, 3.8) is 0 Å². The molecule has 4 N–H and O–H groups in total. The Kier molecular flexibility index (Phi) is 6.26. The molecule has 0 aliphatic rings. The lowest BCUT2D eigenvalue weighted by atomic mass is 10.2. The van der Waals surface area contributed by atoms with Gasteiger partial charge in [-0.15, -0.1) is 0 Å². The smallest absolute Gasteiger partial charge is 0.309 e. The summed E-state index contributed by atoms with van der Waals surface area (Å²) < 4.78 is 9.96. The molecule has 0 saturated carbocycles. The Bertz CT molecular complexity index is 739. The van der Waals surface area contributed by atoms with Crippen molar-refractivity contribution in [2.75, 3.05) is 14.2 Å². The van der Waals surface area contributed by atoms with Crippen LogP contribution in [0.5, 0.6) is 23.0 Å². The van der Waals surface area contributed by atoms with Crippen LogP contribution in [0, 0.1) is 0 Å². The number of para-hydroxylation sites is 2. The fourth-order valence-corrected chi connectivity index (χ4v) is 2.26. The molecule has 0 bridgehead atoms. The number of hydrogen-bond acceptors (Lipinski definition) is 6. The van der Waals surface area contributed by atoms with Gasteiger partial charge in [0.15, 0.2) is 23.0 Å². The summed E-state index contributed by atoms with van der Waals surface area (Å²) in [5, 5.41) is 24.7. The van der Waals surface area contributed by atoms with Crippen molar-refractivity contribution >= 4 is 11.8 Å². The molecule has 0 heterocycles. The lowest BCUT2D eigenvalue weighted by Gasteiger charge is -2.11. The summed E-state index contributed by atoms with van der Waals surface area (Å²) in [6.45, 7) is -0.0839. The second kappa shape index (κ2) is 8.61. The van der Waals surface area contributed by atoms with Gasteiger partial charge in [0.25, 0.3) is 0 Å². The zero-order chi connectivity index (χ0) is 19.1. The molecule has 2 aromatic carbocycles. The molecule has 0 aliphatic heterocycles. The predicted molar refractivity (Wildman–Crippen MR) is 93.0 cm³/mol. The molecule has 2 aromatic rings. The number of amides is 2. The number of nitrogens with one attached hydrogen (secondary N) is 2. The molecular weight excluding hydrogens is 340 g/mol. The summed E-state index contributed by atoms with van der Waals surface area (Å²) >= 11 is 0. The molecule has 0 unspecified atom stereocenters. The number of methoxy groups -OCH3 is 2. The Labute approximate surface area is 150 Å². The lowest BCUT2D eigenvalue weighted by molar-refractivity contribution is -0.139. The highest BCUT2D eigenvalue weighted by Crippen LogP contribution is 2.29. The topological polar surface area (TPSA) is 117 Å². The molecule has 0 aromatic heterocycles. The number of hydrogen-bond donors (Lipinski definition) is 4. The van der Waals surface area contributed by atoms with Crippen molar-refractivity contribution in [3.8, 4) is 23.0 Å². The van der Waals surface area contributed by atoms with E-state index in [0.29, 0.717) is 11.1 Å². The SMILES string of the molecule is COc1cccc(CNC(=O)C(=O)NCc2cccc(OC)c2O)c1O. The first-order valence-corrected chi connectivity index (χ1v) is 7.73. The van der Waals surface area contributed by atoms with E-state index in [4.69, 9.17) is 9.47 Å². The summed E-state index contributed by atoms with van der Waals surface area (Å²) in [4.78, 5) is 23.8. The van der Waals surface area contributed by atoms with Crippen LogP contribution in [0.3, 0.4) is 0 Å². The highest BCUT2D eigenvalue weighted by Gasteiger charge is 2.16.